The van der Waals surface area contributed by atoms with Gasteiger partial charge in [-0.2, -0.15) is 0 Å². The van der Waals surface area contributed by atoms with Gasteiger partial charge in [-0.25, -0.2) is 0 Å². The molecular formula is C19H38O3. The van der Waals surface area contributed by atoms with E-state index in [9.17, 15) is 9.90 Å². The van der Waals surface area contributed by atoms with Crippen LogP contribution in [0.15, 0.2) is 0 Å². The van der Waals surface area contributed by atoms with Crippen LogP contribution in [-0.2, 0) is 9.53 Å². The van der Waals surface area contributed by atoms with Crippen LogP contribution in [-0.4, -0.2) is 23.8 Å². The molecule has 0 aliphatic rings. The Morgan fingerprint density at radius 2 is 1.27 bits per heavy atom. The zero-order chi connectivity index (χ0) is 16.5. The van der Waals surface area contributed by atoms with Crippen LogP contribution in [0.25, 0.3) is 0 Å². The van der Waals surface area contributed by atoms with E-state index in [-0.39, 0.29) is 12.4 Å². The number of carbonyl (C=O) groups is 1. The third kappa shape index (κ3) is 15.8. The molecule has 0 rings (SSSR count). The molecule has 132 valence electrons. The minimum absolute atomic E-state index is 0.145. The molecule has 1 atom stereocenters. The third-order valence-electron chi connectivity index (χ3n) is 4.10. The number of hydrogen-bond donors (Lipinski definition) is 1. The minimum atomic E-state index is -0.526. The van der Waals surface area contributed by atoms with E-state index >= 15 is 0 Å². The summed E-state index contributed by atoms with van der Waals surface area (Å²) in [5.74, 6) is -0.283. The zero-order valence-electron chi connectivity index (χ0n) is 14.9. The number of hydrogen-bond acceptors (Lipinski definition) is 3. The molecule has 0 aliphatic heterocycles. The molecule has 3 nitrogen and oxygen atoms in total. The molecule has 0 heterocycles. The standard InChI is InChI=1S/C19H38O3/c1-3-5-6-7-8-9-10-11-12-13-14-15-16-18(20)17-19(21)22-4-2/h18,20H,3-17H2,1-2H3. The first kappa shape index (κ1) is 21.4. The van der Waals surface area contributed by atoms with E-state index in [2.05, 4.69) is 6.92 Å². The van der Waals surface area contributed by atoms with Gasteiger partial charge in [-0.15, -0.1) is 0 Å². The lowest BCUT2D eigenvalue weighted by Gasteiger charge is -2.09. The second-order valence-corrected chi connectivity index (χ2v) is 6.34. The zero-order valence-corrected chi connectivity index (χ0v) is 14.9. The maximum absolute atomic E-state index is 11.2. The van der Waals surface area contributed by atoms with Crippen LogP contribution >= 0.6 is 0 Å². The van der Waals surface area contributed by atoms with E-state index in [0.717, 1.165) is 19.3 Å². The molecule has 0 bridgehead atoms. The smallest absolute Gasteiger partial charge is 0.308 e. The highest BCUT2D eigenvalue weighted by Crippen LogP contribution is 2.13. The molecule has 1 unspecified atom stereocenters. The predicted octanol–water partition coefficient (Wildman–Crippen LogP) is 5.39. The molecule has 0 aliphatic carbocycles. The van der Waals surface area contributed by atoms with Gasteiger partial charge in [0, 0.05) is 0 Å². The summed E-state index contributed by atoms with van der Waals surface area (Å²) in [6.07, 6.45) is 16.1. The maximum Gasteiger partial charge on any atom is 0.308 e. The van der Waals surface area contributed by atoms with Crippen molar-refractivity contribution in [3.05, 3.63) is 0 Å². The first-order chi connectivity index (χ1) is 10.7. The Hall–Kier alpha value is -0.570. The lowest BCUT2D eigenvalue weighted by molar-refractivity contribution is -0.145. The quantitative estimate of drug-likeness (QED) is 0.307. The van der Waals surface area contributed by atoms with Gasteiger partial charge in [0.25, 0.3) is 0 Å². The molecule has 0 spiro atoms. The van der Waals surface area contributed by atoms with Crippen LogP contribution in [0.5, 0.6) is 0 Å². The number of aliphatic hydroxyl groups excluding tert-OH is 1. The SMILES string of the molecule is CCCCCCCCCCCCCCC(O)CC(=O)OCC. The van der Waals surface area contributed by atoms with E-state index in [1.54, 1.807) is 6.92 Å². The maximum atomic E-state index is 11.2. The molecule has 0 saturated carbocycles. The van der Waals surface area contributed by atoms with Gasteiger partial charge in [-0.05, 0) is 13.3 Å². The molecule has 22 heavy (non-hydrogen) atoms. The third-order valence-corrected chi connectivity index (χ3v) is 4.10. The van der Waals surface area contributed by atoms with Crippen molar-refractivity contribution in [3.8, 4) is 0 Å². The van der Waals surface area contributed by atoms with Gasteiger partial charge < -0.3 is 9.84 Å². The highest BCUT2D eigenvalue weighted by molar-refractivity contribution is 5.69. The number of aliphatic hydroxyl groups is 1. The lowest BCUT2D eigenvalue weighted by Crippen LogP contribution is -2.15. The fourth-order valence-electron chi connectivity index (χ4n) is 2.74. The number of carbonyl (C=O) groups excluding carboxylic acids is 1. The lowest BCUT2D eigenvalue weighted by atomic mass is 10.0. The molecular weight excluding hydrogens is 276 g/mol. The van der Waals surface area contributed by atoms with Crippen LogP contribution in [0.4, 0.5) is 0 Å². The average Bonchev–Trinajstić information content (AvgIpc) is 2.48. The number of unbranched alkanes of at least 4 members (excludes halogenated alkanes) is 11. The summed E-state index contributed by atoms with van der Waals surface area (Å²) in [5.41, 5.74) is 0. The number of esters is 1. The van der Waals surface area contributed by atoms with Crippen LogP contribution in [0.2, 0.25) is 0 Å². The largest absolute Gasteiger partial charge is 0.466 e. The van der Waals surface area contributed by atoms with Crippen molar-refractivity contribution in [1.82, 2.24) is 0 Å². The minimum Gasteiger partial charge on any atom is -0.466 e. The summed E-state index contributed by atoms with van der Waals surface area (Å²) in [4.78, 5) is 11.2. The Kier molecular flexibility index (Phi) is 16.4. The van der Waals surface area contributed by atoms with Crippen LogP contribution < -0.4 is 0 Å². The van der Waals surface area contributed by atoms with Gasteiger partial charge in [0.2, 0.25) is 0 Å². The highest BCUT2D eigenvalue weighted by Gasteiger charge is 2.10. The van der Waals surface area contributed by atoms with Crippen molar-refractivity contribution in [2.45, 2.75) is 110 Å². The van der Waals surface area contributed by atoms with Crippen molar-refractivity contribution in [3.63, 3.8) is 0 Å². The summed E-state index contributed by atoms with van der Waals surface area (Å²) < 4.78 is 4.83. The van der Waals surface area contributed by atoms with Crippen LogP contribution in [0.3, 0.4) is 0 Å². The Labute approximate surface area is 137 Å². The Morgan fingerprint density at radius 1 is 0.818 bits per heavy atom. The van der Waals surface area contributed by atoms with Crippen LogP contribution in [0, 0.1) is 0 Å². The second kappa shape index (κ2) is 16.8. The number of ether oxygens (including phenoxy) is 1. The van der Waals surface area contributed by atoms with Gasteiger partial charge in [0.15, 0.2) is 0 Å². The van der Waals surface area contributed by atoms with Crippen molar-refractivity contribution < 1.29 is 14.6 Å². The van der Waals surface area contributed by atoms with Crippen molar-refractivity contribution >= 4 is 5.97 Å². The predicted molar refractivity (Wildman–Crippen MR) is 93.0 cm³/mol. The fraction of sp³-hybridized carbons (Fsp3) is 0.947. The Morgan fingerprint density at radius 3 is 1.73 bits per heavy atom. The van der Waals surface area contributed by atoms with Gasteiger partial charge in [0.1, 0.15) is 0 Å². The first-order valence-electron chi connectivity index (χ1n) is 9.54. The summed E-state index contributed by atoms with van der Waals surface area (Å²) >= 11 is 0. The van der Waals surface area contributed by atoms with Crippen molar-refractivity contribution in [2.75, 3.05) is 6.61 Å². The molecule has 0 radical (unpaired) electrons. The van der Waals surface area contributed by atoms with Gasteiger partial charge in [0.05, 0.1) is 19.1 Å². The molecule has 0 fully saturated rings. The molecule has 1 N–H and O–H groups in total. The molecule has 0 aromatic rings. The van der Waals surface area contributed by atoms with Crippen molar-refractivity contribution in [1.29, 1.82) is 0 Å². The molecule has 0 aromatic carbocycles. The summed E-state index contributed by atoms with van der Waals surface area (Å²) in [6.45, 7) is 4.44. The summed E-state index contributed by atoms with van der Waals surface area (Å²) in [6, 6.07) is 0. The monoisotopic (exact) mass is 314 g/mol. The van der Waals surface area contributed by atoms with E-state index in [1.165, 1.54) is 64.2 Å². The Bertz CT molecular complexity index is 241. The highest BCUT2D eigenvalue weighted by atomic mass is 16.5. The van der Waals surface area contributed by atoms with Crippen LogP contribution in [0.1, 0.15) is 104 Å². The summed E-state index contributed by atoms with van der Waals surface area (Å²) in [5, 5.41) is 9.71. The molecule has 0 saturated heterocycles. The van der Waals surface area contributed by atoms with E-state index in [4.69, 9.17) is 4.74 Å². The van der Waals surface area contributed by atoms with Gasteiger partial charge >= 0.3 is 5.97 Å². The summed E-state index contributed by atoms with van der Waals surface area (Å²) in [7, 11) is 0. The van der Waals surface area contributed by atoms with E-state index in [0.29, 0.717) is 6.61 Å². The van der Waals surface area contributed by atoms with Gasteiger partial charge in [-0.3, -0.25) is 4.79 Å². The average molecular weight is 315 g/mol. The first-order valence-corrected chi connectivity index (χ1v) is 9.54. The van der Waals surface area contributed by atoms with Gasteiger partial charge in [-0.1, -0.05) is 84.0 Å². The molecule has 3 heteroatoms. The molecule has 0 aromatic heterocycles. The second-order valence-electron chi connectivity index (χ2n) is 6.34. The topological polar surface area (TPSA) is 46.5 Å². The number of rotatable bonds is 16. The Balaban J connectivity index is 3.18. The molecule has 0 amide bonds. The normalized spacial score (nSPS) is 12.3. The van der Waals surface area contributed by atoms with E-state index < -0.39 is 6.10 Å². The fourth-order valence-corrected chi connectivity index (χ4v) is 2.74. The van der Waals surface area contributed by atoms with E-state index in [1.807, 2.05) is 0 Å². The van der Waals surface area contributed by atoms with Crippen molar-refractivity contribution in [2.24, 2.45) is 0 Å².